The molecule has 1 aromatic heterocycles. The van der Waals surface area contributed by atoms with Crippen LogP contribution < -0.4 is 10.6 Å². The molecule has 0 atom stereocenters. The third-order valence-electron chi connectivity index (χ3n) is 3.91. The highest BCUT2D eigenvalue weighted by atomic mass is 19.1. The number of benzene rings is 2. The fourth-order valence-corrected chi connectivity index (χ4v) is 2.52. The van der Waals surface area contributed by atoms with Crippen molar-refractivity contribution in [2.45, 2.75) is 13.3 Å². The molecule has 0 aliphatic heterocycles. The van der Waals surface area contributed by atoms with Crippen LogP contribution in [0.15, 0.2) is 66.9 Å². The fraction of sp³-hybridized carbons (Fsp3) is 0.0952. The zero-order chi connectivity index (χ0) is 19.2. The number of nitrogens with one attached hydrogen (secondary N) is 2. The molecule has 0 radical (unpaired) electrons. The molecule has 0 spiro atoms. The molecule has 136 valence electrons. The lowest BCUT2D eigenvalue weighted by Gasteiger charge is -2.10. The van der Waals surface area contributed by atoms with E-state index in [9.17, 15) is 14.0 Å². The van der Waals surface area contributed by atoms with Crippen molar-refractivity contribution < 1.29 is 14.0 Å². The first-order chi connectivity index (χ1) is 13.1. The maximum Gasteiger partial charge on any atom is 0.255 e. The first-order valence-corrected chi connectivity index (χ1v) is 8.49. The van der Waals surface area contributed by atoms with Crippen LogP contribution in [-0.4, -0.2) is 16.8 Å². The molecule has 0 aliphatic carbocycles. The Balaban J connectivity index is 1.79. The van der Waals surface area contributed by atoms with Crippen LogP contribution in [0, 0.1) is 5.82 Å². The van der Waals surface area contributed by atoms with Gasteiger partial charge in [0.05, 0.1) is 11.4 Å². The highest BCUT2D eigenvalue weighted by Crippen LogP contribution is 2.26. The predicted molar refractivity (Wildman–Crippen MR) is 103 cm³/mol. The van der Waals surface area contributed by atoms with Gasteiger partial charge in [0.25, 0.3) is 5.91 Å². The van der Waals surface area contributed by atoms with Crippen molar-refractivity contribution >= 4 is 23.2 Å². The van der Waals surface area contributed by atoms with Gasteiger partial charge in [-0.2, -0.15) is 0 Å². The average Bonchev–Trinajstić information content (AvgIpc) is 2.68. The first kappa shape index (κ1) is 18.3. The second-order valence-corrected chi connectivity index (χ2v) is 5.84. The van der Waals surface area contributed by atoms with Crippen molar-refractivity contribution in [3.63, 3.8) is 0 Å². The number of carbonyl (C=O) groups excluding carboxylic acids is 2. The number of pyridine rings is 1. The minimum absolute atomic E-state index is 0.102. The Hall–Kier alpha value is -3.54. The number of hydrogen-bond donors (Lipinski definition) is 2. The Morgan fingerprint density at radius 3 is 2.48 bits per heavy atom. The number of rotatable bonds is 5. The highest BCUT2D eigenvalue weighted by Gasteiger charge is 2.11. The summed E-state index contributed by atoms with van der Waals surface area (Å²) in [6.45, 7) is 1.78. The summed E-state index contributed by atoms with van der Waals surface area (Å²) in [5, 5.41) is 5.47. The molecule has 0 fully saturated rings. The van der Waals surface area contributed by atoms with E-state index in [0.29, 0.717) is 29.1 Å². The Bertz CT molecular complexity index is 971. The Labute approximate surface area is 156 Å². The maximum atomic E-state index is 13.2. The average molecular weight is 363 g/mol. The largest absolute Gasteiger partial charge is 0.324 e. The number of nitrogens with zero attached hydrogens (tertiary/aromatic N) is 1. The number of anilines is 2. The van der Waals surface area contributed by atoms with E-state index in [1.165, 1.54) is 18.2 Å². The van der Waals surface area contributed by atoms with Crippen LogP contribution in [0.25, 0.3) is 11.3 Å². The molecule has 0 aliphatic rings. The van der Waals surface area contributed by atoms with Crippen LogP contribution in [0.3, 0.4) is 0 Å². The third-order valence-corrected chi connectivity index (χ3v) is 3.91. The van der Waals surface area contributed by atoms with Gasteiger partial charge in [0.2, 0.25) is 5.91 Å². The molecule has 0 bridgehead atoms. The molecule has 0 unspecified atom stereocenters. The van der Waals surface area contributed by atoms with Gasteiger partial charge in [-0.3, -0.25) is 14.6 Å². The Morgan fingerprint density at radius 2 is 1.78 bits per heavy atom. The molecule has 6 heteroatoms. The molecule has 3 rings (SSSR count). The van der Waals surface area contributed by atoms with E-state index >= 15 is 0 Å². The minimum atomic E-state index is -0.417. The number of hydrogen-bond acceptors (Lipinski definition) is 3. The Morgan fingerprint density at radius 1 is 1.00 bits per heavy atom. The van der Waals surface area contributed by atoms with Crippen molar-refractivity contribution in [2.75, 3.05) is 10.6 Å². The van der Waals surface area contributed by atoms with E-state index in [-0.39, 0.29) is 11.8 Å². The number of amides is 2. The quantitative estimate of drug-likeness (QED) is 0.702. The Kier molecular flexibility index (Phi) is 5.56. The standard InChI is InChI=1S/C21H18FN3O2/c1-2-19(26)25-18-7-4-12-23-20(18)14-8-10-15(11-9-14)21(27)24-17-6-3-5-16(22)13-17/h3-13H,2H2,1H3,(H,24,27)(H,25,26). The lowest BCUT2D eigenvalue weighted by Crippen LogP contribution is -2.12. The van der Waals surface area contributed by atoms with Crippen LogP contribution in [0.2, 0.25) is 0 Å². The van der Waals surface area contributed by atoms with Gasteiger partial charge in [0.1, 0.15) is 5.82 Å². The van der Waals surface area contributed by atoms with Crippen LogP contribution >= 0.6 is 0 Å². The van der Waals surface area contributed by atoms with E-state index in [1.54, 1.807) is 55.6 Å². The van der Waals surface area contributed by atoms with E-state index in [2.05, 4.69) is 15.6 Å². The van der Waals surface area contributed by atoms with E-state index in [4.69, 9.17) is 0 Å². The van der Waals surface area contributed by atoms with Gasteiger partial charge in [-0.15, -0.1) is 0 Å². The SMILES string of the molecule is CCC(=O)Nc1cccnc1-c1ccc(C(=O)Nc2cccc(F)c2)cc1. The normalized spacial score (nSPS) is 10.3. The summed E-state index contributed by atoms with van der Waals surface area (Å²) in [5.41, 5.74) is 2.82. The second-order valence-electron chi connectivity index (χ2n) is 5.84. The van der Waals surface area contributed by atoms with Gasteiger partial charge >= 0.3 is 0 Å². The van der Waals surface area contributed by atoms with Crippen molar-refractivity contribution in [1.82, 2.24) is 4.98 Å². The summed E-state index contributed by atoms with van der Waals surface area (Å²) < 4.78 is 13.2. The van der Waals surface area contributed by atoms with Gasteiger partial charge < -0.3 is 10.6 Å². The van der Waals surface area contributed by atoms with Crippen LogP contribution in [0.4, 0.5) is 15.8 Å². The van der Waals surface area contributed by atoms with Gasteiger partial charge in [-0.25, -0.2) is 4.39 Å². The molecule has 3 aromatic rings. The number of carbonyl (C=O) groups is 2. The van der Waals surface area contributed by atoms with Crippen LogP contribution in [-0.2, 0) is 4.79 Å². The molecule has 1 heterocycles. The van der Waals surface area contributed by atoms with E-state index in [1.807, 2.05) is 0 Å². The molecule has 0 saturated carbocycles. The third kappa shape index (κ3) is 4.55. The number of aromatic nitrogens is 1. The molecule has 0 saturated heterocycles. The summed E-state index contributed by atoms with van der Waals surface area (Å²) >= 11 is 0. The molecule has 2 amide bonds. The van der Waals surface area contributed by atoms with Gasteiger partial charge in [0.15, 0.2) is 0 Å². The monoisotopic (exact) mass is 363 g/mol. The van der Waals surface area contributed by atoms with E-state index < -0.39 is 5.82 Å². The predicted octanol–water partition coefficient (Wildman–Crippen LogP) is 4.49. The lowest BCUT2D eigenvalue weighted by atomic mass is 10.1. The molecule has 2 N–H and O–H groups in total. The van der Waals surface area contributed by atoms with Crippen molar-refractivity contribution in [1.29, 1.82) is 0 Å². The zero-order valence-corrected chi connectivity index (χ0v) is 14.7. The summed E-state index contributed by atoms with van der Waals surface area (Å²) in [6.07, 6.45) is 2.01. The fourth-order valence-electron chi connectivity index (χ4n) is 2.52. The topological polar surface area (TPSA) is 71.1 Å². The summed E-state index contributed by atoms with van der Waals surface area (Å²) in [5.74, 6) is -0.858. The van der Waals surface area contributed by atoms with Gasteiger partial charge in [0, 0.05) is 29.4 Å². The summed E-state index contributed by atoms with van der Waals surface area (Å²) in [4.78, 5) is 28.3. The molecular weight excluding hydrogens is 345 g/mol. The second kappa shape index (κ2) is 8.23. The van der Waals surface area contributed by atoms with Gasteiger partial charge in [-0.1, -0.05) is 25.1 Å². The minimum Gasteiger partial charge on any atom is -0.324 e. The van der Waals surface area contributed by atoms with E-state index in [0.717, 1.165) is 5.56 Å². The molecule has 27 heavy (non-hydrogen) atoms. The zero-order valence-electron chi connectivity index (χ0n) is 14.7. The lowest BCUT2D eigenvalue weighted by molar-refractivity contribution is -0.115. The number of halogens is 1. The summed E-state index contributed by atoms with van der Waals surface area (Å²) in [7, 11) is 0. The van der Waals surface area contributed by atoms with Crippen LogP contribution in [0.5, 0.6) is 0 Å². The van der Waals surface area contributed by atoms with Crippen LogP contribution in [0.1, 0.15) is 23.7 Å². The highest BCUT2D eigenvalue weighted by molar-refractivity contribution is 6.04. The molecule has 5 nitrogen and oxygen atoms in total. The van der Waals surface area contributed by atoms with Crippen molar-refractivity contribution in [3.05, 3.63) is 78.2 Å². The summed E-state index contributed by atoms with van der Waals surface area (Å²) in [6, 6.07) is 16.1. The smallest absolute Gasteiger partial charge is 0.255 e. The van der Waals surface area contributed by atoms with Crippen molar-refractivity contribution in [2.24, 2.45) is 0 Å². The van der Waals surface area contributed by atoms with Gasteiger partial charge in [-0.05, 0) is 42.5 Å². The van der Waals surface area contributed by atoms with Crippen molar-refractivity contribution in [3.8, 4) is 11.3 Å². The first-order valence-electron chi connectivity index (χ1n) is 8.49. The maximum absolute atomic E-state index is 13.2. The molecule has 2 aromatic carbocycles. The molecular formula is C21H18FN3O2.